The fraction of sp³-hybridized carbons (Fsp3) is 0.333. The van der Waals surface area contributed by atoms with Gasteiger partial charge in [0.05, 0.1) is 12.2 Å². The molecule has 1 aliphatic heterocycles. The van der Waals surface area contributed by atoms with Gasteiger partial charge in [-0.05, 0) is 28.1 Å². The van der Waals surface area contributed by atoms with Crippen LogP contribution < -0.4 is 5.32 Å². The Hall–Kier alpha value is -1.56. The number of rotatable bonds is 4. The van der Waals surface area contributed by atoms with Gasteiger partial charge in [-0.15, -0.1) is 0 Å². The van der Waals surface area contributed by atoms with Crippen molar-refractivity contribution in [3.05, 3.63) is 28.7 Å². The number of carbonyl (C=O) groups excluding carboxylic acids is 2. The fourth-order valence-electron chi connectivity index (χ4n) is 1.64. The Morgan fingerprint density at radius 1 is 1.44 bits per heavy atom. The lowest BCUT2D eigenvalue weighted by Crippen LogP contribution is -2.28. The quantitative estimate of drug-likeness (QED) is 0.927. The Morgan fingerprint density at radius 3 is 2.89 bits per heavy atom. The third-order valence-corrected chi connectivity index (χ3v) is 3.29. The molecule has 1 aromatic carbocycles. The van der Waals surface area contributed by atoms with Gasteiger partial charge >= 0.3 is 6.09 Å². The van der Waals surface area contributed by atoms with E-state index in [4.69, 9.17) is 4.74 Å². The molecule has 0 spiro atoms. The van der Waals surface area contributed by atoms with Crippen molar-refractivity contribution < 1.29 is 14.3 Å². The van der Waals surface area contributed by atoms with Crippen molar-refractivity contribution >= 4 is 33.6 Å². The molecule has 0 saturated carbocycles. The monoisotopic (exact) mass is 312 g/mol. The largest absolute Gasteiger partial charge is 0.448 e. The van der Waals surface area contributed by atoms with Crippen LogP contribution in [0.15, 0.2) is 28.7 Å². The fourth-order valence-corrected chi connectivity index (χ4v) is 2.02. The summed E-state index contributed by atoms with van der Waals surface area (Å²) in [5, 5.41) is 2.78. The van der Waals surface area contributed by atoms with Crippen molar-refractivity contribution in [3.63, 3.8) is 0 Å². The van der Waals surface area contributed by atoms with Crippen LogP contribution in [-0.4, -0.2) is 36.6 Å². The molecule has 96 valence electrons. The number of hydrogen-bond donors (Lipinski definition) is 1. The zero-order chi connectivity index (χ0) is 13.0. The van der Waals surface area contributed by atoms with Crippen LogP contribution >= 0.6 is 15.9 Å². The molecular weight excluding hydrogens is 300 g/mol. The van der Waals surface area contributed by atoms with E-state index >= 15 is 0 Å². The van der Waals surface area contributed by atoms with Crippen molar-refractivity contribution in [3.8, 4) is 0 Å². The second-order valence-electron chi connectivity index (χ2n) is 3.88. The highest BCUT2D eigenvalue weighted by atomic mass is 79.9. The molecule has 0 aliphatic carbocycles. The van der Waals surface area contributed by atoms with E-state index < -0.39 is 0 Å². The molecule has 0 aromatic heterocycles. The number of ether oxygens (including phenoxy) is 1. The molecule has 18 heavy (non-hydrogen) atoms. The summed E-state index contributed by atoms with van der Waals surface area (Å²) >= 11 is 3.35. The van der Waals surface area contributed by atoms with Crippen LogP contribution in [0.5, 0.6) is 0 Å². The highest BCUT2D eigenvalue weighted by Crippen LogP contribution is 2.21. The summed E-state index contributed by atoms with van der Waals surface area (Å²) < 4.78 is 5.62. The van der Waals surface area contributed by atoms with Crippen molar-refractivity contribution in [1.82, 2.24) is 4.90 Å². The normalized spacial score (nSPS) is 14.5. The van der Waals surface area contributed by atoms with Crippen LogP contribution in [0.1, 0.15) is 6.42 Å². The number of para-hydroxylation sites is 1. The van der Waals surface area contributed by atoms with Crippen LogP contribution in [0.3, 0.4) is 0 Å². The van der Waals surface area contributed by atoms with Crippen molar-refractivity contribution in [1.29, 1.82) is 0 Å². The lowest BCUT2D eigenvalue weighted by Gasteiger charge is -2.12. The third-order valence-electron chi connectivity index (χ3n) is 2.60. The highest BCUT2D eigenvalue weighted by Gasteiger charge is 2.22. The van der Waals surface area contributed by atoms with Gasteiger partial charge in [-0.1, -0.05) is 12.1 Å². The van der Waals surface area contributed by atoms with Gasteiger partial charge in [0, 0.05) is 17.4 Å². The minimum Gasteiger partial charge on any atom is -0.448 e. The van der Waals surface area contributed by atoms with Crippen LogP contribution in [-0.2, 0) is 9.53 Å². The van der Waals surface area contributed by atoms with Crippen LogP contribution in [0.4, 0.5) is 10.5 Å². The third kappa shape index (κ3) is 3.22. The van der Waals surface area contributed by atoms with Crippen LogP contribution in [0.25, 0.3) is 0 Å². The number of amides is 2. The summed E-state index contributed by atoms with van der Waals surface area (Å²) in [5.41, 5.74) is 0.728. The molecule has 1 aliphatic rings. The lowest BCUT2D eigenvalue weighted by molar-refractivity contribution is -0.116. The van der Waals surface area contributed by atoms with E-state index in [2.05, 4.69) is 21.2 Å². The maximum atomic E-state index is 11.7. The molecule has 1 heterocycles. The molecule has 2 amide bonds. The molecule has 2 rings (SSSR count). The van der Waals surface area contributed by atoms with Gasteiger partial charge in [0.2, 0.25) is 5.91 Å². The number of cyclic esters (lactones) is 1. The molecule has 1 aromatic rings. The molecule has 1 saturated heterocycles. The standard InChI is InChI=1S/C12H13BrN2O3/c13-9-3-1-2-4-10(9)14-11(16)5-6-15-7-8-18-12(15)17/h1-4H,5-8H2,(H,14,16). The van der Waals surface area contributed by atoms with E-state index in [1.54, 1.807) is 0 Å². The van der Waals surface area contributed by atoms with Gasteiger partial charge in [-0.25, -0.2) is 4.79 Å². The molecule has 0 bridgehead atoms. The number of anilines is 1. The second kappa shape index (κ2) is 5.86. The molecule has 0 atom stereocenters. The minimum absolute atomic E-state index is 0.124. The Morgan fingerprint density at radius 2 is 2.22 bits per heavy atom. The predicted molar refractivity (Wildman–Crippen MR) is 70.3 cm³/mol. The van der Waals surface area contributed by atoms with Gasteiger partial charge in [0.1, 0.15) is 6.61 Å². The molecule has 0 unspecified atom stereocenters. The average Bonchev–Trinajstić information content (AvgIpc) is 2.75. The summed E-state index contributed by atoms with van der Waals surface area (Å²) in [6, 6.07) is 7.39. The number of hydrogen-bond acceptors (Lipinski definition) is 3. The topological polar surface area (TPSA) is 58.6 Å². The van der Waals surface area contributed by atoms with Crippen LogP contribution in [0.2, 0.25) is 0 Å². The highest BCUT2D eigenvalue weighted by molar-refractivity contribution is 9.10. The van der Waals surface area contributed by atoms with Crippen molar-refractivity contribution in [2.24, 2.45) is 0 Å². The summed E-state index contributed by atoms with van der Waals surface area (Å²) in [4.78, 5) is 24.4. The Bertz CT molecular complexity index is 464. The van der Waals surface area contributed by atoms with Crippen molar-refractivity contribution in [2.45, 2.75) is 6.42 Å². The van der Waals surface area contributed by atoms with Gasteiger partial charge in [0.15, 0.2) is 0 Å². The van der Waals surface area contributed by atoms with E-state index in [1.807, 2.05) is 24.3 Å². The summed E-state index contributed by atoms with van der Waals surface area (Å²) in [6.07, 6.45) is -0.0835. The van der Waals surface area contributed by atoms with E-state index in [1.165, 1.54) is 4.90 Å². The number of nitrogens with one attached hydrogen (secondary N) is 1. The second-order valence-corrected chi connectivity index (χ2v) is 4.73. The molecule has 6 heteroatoms. The SMILES string of the molecule is O=C(CCN1CCOC1=O)Nc1ccccc1Br. The van der Waals surface area contributed by atoms with E-state index in [9.17, 15) is 9.59 Å². The lowest BCUT2D eigenvalue weighted by atomic mass is 10.3. The zero-order valence-electron chi connectivity index (χ0n) is 9.69. The van der Waals surface area contributed by atoms with Gasteiger partial charge in [0.25, 0.3) is 0 Å². The Balaban J connectivity index is 1.82. The van der Waals surface area contributed by atoms with Gasteiger partial charge in [-0.3, -0.25) is 4.79 Å². The molecule has 0 radical (unpaired) electrons. The number of benzene rings is 1. The van der Waals surface area contributed by atoms with Crippen LogP contribution in [0, 0.1) is 0 Å². The minimum atomic E-state index is -0.344. The first-order chi connectivity index (χ1) is 8.66. The molecular formula is C12H13BrN2O3. The van der Waals surface area contributed by atoms with Gasteiger partial charge in [-0.2, -0.15) is 0 Å². The first-order valence-corrected chi connectivity index (χ1v) is 6.42. The smallest absolute Gasteiger partial charge is 0.409 e. The van der Waals surface area contributed by atoms with Gasteiger partial charge < -0.3 is 15.0 Å². The Kier molecular flexibility index (Phi) is 4.19. The average molecular weight is 313 g/mol. The summed E-state index contributed by atoms with van der Waals surface area (Å²) in [6.45, 7) is 1.35. The van der Waals surface area contributed by atoms with E-state index in [-0.39, 0.29) is 18.4 Å². The van der Waals surface area contributed by atoms with E-state index in [0.29, 0.717) is 19.7 Å². The zero-order valence-corrected chi connectivity index (χ0v) is 11.3. The number of halogens is 1. The molecule has 1 N–H and O–H groups in total. The van der Waals surface area contributed by atoms with Crippen molar-refractivity contribution in [2.75, 3.05) is 25.0 Å². The maximum Gasteiger partial charge on any atom is 0.409 e. The molecule has 1 fully saturated rings. The van der Waals surface area contributed by atoms with E-state index in [0.717, 1.165) is 10.2 Å². The maximum absolute atomic E-state index is 11.7. The summed E-state index contributed by atoms with van der Waals surface area (Å²) in [5.74, 6) is -0.124. The predicted octanol–water partition coefficient (Wildman–Crippen LogP) is 2.23. The number of nitrogens with zero attached hydrogens (tertiary/aromatic N) is 1. The Labute approximate surface area is 113 Å². The number of carbonyl (C=O) groups is 2. The molecule has 5 nitrogen and oxygen atoms in total. The summed E-state index contributed by atoms with van der Waals surface area (Å²) in [7, 11) is 0. The first-order valence-electron chi connectivity index (χ1n) is 5.63. The first kappa shape index (κ1) is 12.9.